The van der Waals surface area contributed by atoms with Crippen molar-refractivity contribution >= 4 is 29.2 Å². The van der Waals surface area contributed by atoms with Crippen LogP contribution >= 0.6 is 11.6 Å². The number of esters is 1. The van der Waals surface area contributed by atoms with Crippen LogP contribution in [0.4, 0.5) is 5.69 Å². The fourth-order valence-electron chi connectivity index (χ4n) is 2.34. The first kappa shape index (κ1) is 14.7. The van der Waals surface area contributed by atoms with E-state index >= 15 is 0 Å². The molecule has 1 heterocycles. The largest absolute Gasteiger partial charge is 0.468 e. The highest BCUT2D eigenvalue weighted by molar-refractivity contribution is 6.31. The SMILES string of the molecule is COC(=O)CNC(=O)[C@@H](C)N1CCc2c(Cl)cccc21. The molecule has 0 unspecified atom stereocenters. The van der Waals surface area contributed by atoms with Crippen LogP contribution in [0.2, 0.25) is 5.02 Å². The molecule has 1 aromatic carbocycles. The summed E-state index contributed by atoms with van der Waals surface area (Å²) in [5.41, 5.74) is 2.06. The molecule has 0 aliphatic carbocycles. The zero-order chi connectivity index (χ0) is 14.7. The van der Waals surface area contributed by atoms with Crippen molar-refractivity contribution in [3.8, 4) is 0 Å². The highest BCUT2D eigenvalue weighted by atomic mass is 35.5. The van der Waals surface area contributed by atoms with Crippen LogP contribution in [0.5, 0.6) is 0 Å². The molecular weight excluding hydrogens is 280 g/mol. The molecule has 0 saturated carbocycles. The van der Waals surface area contributed by atoms with Crippen LogP contribution in [-0.2, 0) is 20.7 Å². The number of carbonyl (C=O) groups is 2. The van der Waals surface area contributed by atoms with Gasteiger partial charge >= 0.3 is 5.97 Å². The lowest BCUT2D eigenvalue weighted by molar-refractivity contribution is -0.141. The molecule has 6 heteroatoms. The molecule has 1 aliphatic rings. The zero-order valence-electron chi connectivity index (χ0n) is 11.5. The van der Waals surface area contributed by atoms with E-state index in [2.05, 4.69) is 10.1 Å². The van der Waals surface area contributed by atoms with E-state index in [0.717, 1.165) is 29.2 Å². The van der Waals surface area contributed by atoms with Crippen molar-refractivity contribution in [3.63, 3.8) is 0 Å². The number of benzene rings is 1. The van der Waals surface area contributed by atoms with Gasteiger partial charge in [-0.1, -0.05) is 17.7 Å². The third-order valence-electron chi connectivity index (χ3n) is 3.49. The number of hydrogen-bond acceptors (Lipinski definition) is 4. The molecule has 2 rings (SSSR count). The first-order valence-electron chi connectivity index (χ1n) is 6.43. The van der Waals surface area contributed by atoms with E-state index in [-0.39, 0.29) is 18.5 Å². The zero-order valence-corrected chi connectivity index (χ0v) is 12.2. The number of fused-ring (bicyclic) bond motifs is 1. The van der Waals surface area contributed by atoms with Gasteiger partial charge in [-0.2, -0.15) is 0 Å². The standard InChI is InChI=1S/C14H17ClN2O3/c1-9(14(19)16-8-13(18)20-2)17-7-6-10-11(15)4-3-5-12(10)17/h3-5,9H,6-8H2,1-2H3,(H,16,19)/t9-/m1/s1. The second-order valence-electron chi connectivity index (χ2n) is 4.65. The minimum absolute atomic E-state index is 0.115. The number of nitrogens with zero attached hydrogens (tertiary/aromatic N) is 1. The lowest BCUT2D eigenvalue weighted by atomic mass is 10.1. The predicted octanol–water partition coefficient (Wildman–Crippen LogP) is 1.38. The number of carbonyl (C=O) groups excluding carboxylic acids is 2. The highest BCUT2D eigenvalue weighted by Gasteiger charge is 2.28. The van der Waals surface area contributed by atoms with E-state index in [0.29, 0.717) is 0 Å². The van der Waals surface area contributed by atoms with Crippen molar-refractivity contribution in [2.45, 2.75) is 19.4 Å². The number of halogens is 1. The van der Waals surface area contributed by atoms with Crippen molar-refractivity contribution in [3.05, 3.63) is 28.8 Å². The van der Waals surface area contributed by atoms with E-state index in [4.69, 9.17) is 11.6 Å². The number of nitrogens with one attached hydrogen (secondary N) is 1. The van der Waals surface area contributed by atoms with Crippen molar-refractivity contribution in [1.29, 1.82) is 0 Å². The van der Waals surface area contributed by atoms with E-state index in [1.54, 1.807) is 0 Å². The maximum absolute atomic E-state index is 12.1. The van der Waals surface area contributed by atoms with Gasteiger partial charge in [0, 0.05) is 17.3 Å². The van der Waals surface area contributed by atoms with Crippen LogP contribution in [0.1, 0.15) is 12.5 Å². The molecule has 1 N–H and O–H groups in total. The van der Waals surface area contributed by atoms with Gasteiger partial charge in [-0.15, -0.1) is 0 Å². The number of anilines is 1. The molecule has 1 aromatic rings. The van der Waals surface area contributed by atoms with E-state index in [9.17, 15) is 9.59 Å². The first-order valence-corrected chi connectivity index (χ1v) is 6.81. The normalized spacial score (nSPS) is 14.7. The molecule has 0 bridgehead atoms. The van der Waals surface area contributed by atoms with Gasteiger partial charge in [0.25, 0.3) is 0 Å². The first-order chi connectivity index (χ1) is 9.54. The Morgan fingerprint density at radius 2 is 2.25 bits per heavy atom. The number of hydrogen-bond donors (Lipinski definition) is 1. The Kier molecular flexibility index (Phi) is 4.49. The third kappa shape index (κ3) is 2.88. The van der Waals surface area contributed by atoms with Gasteiger partial charge in [-0.05, 0) is 31.0 Å². The van der Waals surface area contributed by atoms with E-state index < -0.39 is 5.97 Å². The summed E-state index contributed by atoms with van der Waals surface area (Å²) in [4.78, 5) is 25.1. The maximum Gasteiger partial charge on any atom is 0.325 e. The summed E-state index contributed by atoms with van der Waals surface area (Å²) >= 11 is 6.15. The van der Waals surface area contributed by atoms with Crippen molar-refractivity contribution < 1.29 is 14.3 Å². The molecule has 0 radical (unpaired) electrons. The van der Waals surface area contributed by atoms with Crippen molar-refractivity contribution in [2.75, 3.05) is 25.1 Å². The lowest BCUT2D eigenvalue weighted by Crippen LogP contribution is -2.46. The van der Waals surface area contributed by atoms with Gasteiger partial charge in [-0.25, -0.2) is 0 Å². The molecule has 0 spiro atoms. The van der Waals surface area contributed by atoms with Gasteiger partial charge in [0.2, 0.25) is 5.91 Å². The van der Waals surface area contributed by atoms with E-state index in [1.165, 1.54) is 7.11 Å². The molecule has 0 fully saturated rings. The van der Waals surface area contributed by atoms with Gasteiger partial charge in [-0.3, -0.25) is 9.59 Å². The molecule has 1 amide bonds. The summed E-state index contributed by atoms with van der Waals surface area (Å²) in [6.07, 6.45) is 0.823. The highest BCUT2D eigenvalue weighted by Crippen LogP contribution is 2.34. The molecule has 108 valence electrons. The molecule has 5 nitrogen and oxygen atoms in total. The smallest absolute Gasteiger partial charge is 0.325 e. The molecule has 20 heavy (non-hydrogen) atoms. The van der Waals surface area contributed by atoms with E-state index in [1.807, 2.05) is 30.0 Å². The second-order valence-corrected chi connectivity index (χ2v) is 5.06. The molecular formula is C14H17ClN2O3. The van der Waals surface area contributed by atoms with Crippen LogP contribution in [0.3, 0.4) is 0 Å². The maximum atomic E-state index is 12.1. The Morgan fingerprint density at radius 1 is 1.50 bits per heavy atom. The molecule has 1 atom stereocenters. The Labute approximate surface area is 122 Å². The Morgan fingerprint density at radius 3 is 2.95 bits per heavy atom. The topological polar surface area (TPSA) is 58.6 Å². The van der Waals surface area contributed by atoms with Crippen molar-refractivity contribution in [2.24, 2.45) is 0 Å². The van der Waals surface area contributed by atoms with Gasteiger partial charge in [0.1, 0.15) is 12.6 Å². The number of amides is 1. The predicted molar refractivity (Wildman–Crippen MR) is 77.0 cm³/mol. The average Bonchev–Trinajstić information content (AvgIpc) is 2.88. The molecule has 0 saturated heterocycles. The summed E-state index contributed by atoms with van der Waals surface area (Å²) in [7, 11) is 1.29. The fraction of sp³-hybridized carbons (Fsp3) is 0.429. The van der Waals surface area contributed by atoms with Gasteiger partial charge < -0.3 is 15.0 Å². The molecule has 0 aromatic heterocycles. The average molecular weight is 297 g/mol. The van der Waals surface area contributed by atoms with Crippen LogP contribution in [0, 0.1) is 0 Å². The third-order valence-corrected chi connectivity index (χ3v) is 3.84. The van der Waals surface area contributed by atoms with Crippen LogP contribution < -0.4 is 10.2 Å². The van der Waals surface area contributed by atoms with Gasteiger partial charge in [0.05, 0.1) is 7.11 Å². The summed E-state index contributed by atoms with van der Waals surface area (Å²) in [6, 6.07) is 5.32. The summed E-state index contributed by atoms with van der Waals surface area (Å²) in [6.45, 7) is 2.43. The quantitative estimate of drug-likeness (QED) is 0.853. The van der Waals surface area contributed by atoms with Crippen LogP contribution in [-0.4, -0.2) is 38.1 Å². The van der Waals surface area contributed by atoms with Crippen LogP contribution in [0.15, 0.2) is 18.2 Å². The van der Waals surface area contributed by atoms with Crippen LogP contribution in [0.25, 0.3) is 0 Å². The van der Waals surface area contributed by atoms with Gasteiger partial charge in [0.15, 0.2) is 0 Å². The summed E-state index contributed by atoms with van der Waals surface area (Å²) in [5, 5.41) is 3.30. The minimum atomic E-state index is -0.463. The lowest BCUT2D eigenvalue weighted by Gasteiger charge is -2.26. The van der Waals surface area contributed by atoms with Crippen molar-refractivity contribution in [1.82, 2.24) is 5.32 Å². The Hall–Kier alpha value is -1.75. The second kappa shape index (κ2) is 6.13. The minimum Gasteiger partial charge on any atom is -0.468 e. The monoisotopic (exact) mass is 296 g/mol. The summed E-state index contributed by atoms with van der Waals surface area (Å²) < 4.78 is 4.49. The number of ether oxygens (including phenoxy) is 1. The Balaban J connectivity index is 2.05. The summed E-state index contributed by atoms with van der Waals surface area (Å²) in [5.74, 6) is -0.668. The fourth-order valence-corrected chi connectivity index (χ4v) is 2.60. The number of rotatable bonds is 4. The number of methoxy groups -OCH3 is 1. The Bertz CT molecular complexity index is 533. The molecule has 1 aliphatic heterocycles.